The van der Waals surface area contributed by atoms with E-state index in [1.165, 1.54) is 43.5 Å². The maximum absolute atomic E-state index is 6.91. The zero-order valence-corrected chi connectivity index (χ0v) is 12.8. The van der Waals surface area contributed by atoms with Crippen molar-refractivity contribution in [3.63, 3.8) is 0 Å². The smallest absolute Gasteiger partial charge is 0.0624 e. The van der Waals surface area contributed by atoms with Gasteiger partial charge in [-0.05, 0) is 61.8 Å². The van der Waals surface area contributed by atoms with Crippen LogP contribution < -0.4 is 5.73 Å². The molecule has 3 aliphatic rings. The number of rotatable bonds is 3. The van der Waals surface area contributed by atoms with E-state index in [0.29, 0.717) is 0 Å². The second-order valence-electron chi connectivity index (χ2n) is 7.58. The van der Waals surface area contributed by atoms with Gasteiger partial charge in [0.25, 0.3) is 0 Å². The van der Waals surface area contributed by atoms with E-state index in [2.05, 4.69) is 29.8 Å². The molecule has 3 aliphatic carbocycles. The fourth-order valence-corrected chi connectivity index (χ4v) is 5.76. The third-order valence-corrected chi connectivity index (χ3v) is 6.58. The molecule has 1 heterocycles. The summed E-state index contributed by atoms with van der Waals surface area (Å²) in [6, 6.07) is 2.27. The molecular weight excluding hydrogens is 246 g/mol. The summed E-state index contributed by atoms with van der Waals surface area (Å²) in [6.45, 7) is 2.17. The molecule has 2 N–H and O–H groups in total. The first-order valence-electron chi connectivity index (χ1n) is 8.41. The zero-order valence-electron chi connectivity index (χ0n) is 12.8. The predicted molar refractivity (Wildman–Crippen MR) is 80.3 cm³/mol. The van der Waals surface area contributed by atoms with Gasteiger partial charge < -0.3 is 5.73 Å². The molecular formula is C17H27N3. The second kappa shape index (κ2) is 4.33. The van der Waals surface area contributed by atoms with Crippen LogP contribution in [0.1, 0.15) is 50.4 Å². The van der Waals surface area contributed by atoms with Gasteiger partial charge in [0.05, 0.1) is 5.69 Å². The molecule has 0 aromatic carbocycles. The SMILES string of the molecule is CCc1cc(CC2(N)CC3CC2C2CCCC32)n(C)n1. The first-order chi connectivity index (χ1) is 9.60. The highest BCUT2D eigenvalue weighted by Crippen LogP contribution is 2.62. The highest BCUT2D eigenvalue weighted by Gasteiger charge is 2.59. The summed E-state index contributed by atoms with van der Waals surface area (Å²) in [5, 5.41) is 4.59. The van der Waals surface area contributed by atoms with E-state index in [4.69, 9.17) is 5.73 Å². The van der Waals surface area contributed by atoms with Crippen LogP contribution in [0.4, 0.5) is 0 Å². The van der Waals surface area contributed by atoms with Gasteiger partial charge in [-0.1, -0.05) is 13.3 Å². The molecule has 5 unspecified atom stereocenters. The number of fused-ring (bicyclic) bond motifs is 5. The Morgan fingerprint density at radius 1 is 1.40 bits per heavy atom. The standard InChI is InChI=1S/C17H27N3/c1-3-12-8-13(20(2)19-12)10-17(18)9-11-7-16(17)15-6-4-5-14(11)15/h8,11,14-16H,3-7,9-10,18H2,1-2H3. The third kappa shape index (κ3) is 1.71. The van der Waals surface area contributed by atoms with Crippen LogP contribution in [0.3, 0.4) is 0 Å². The molecule has 0 spiro atoms. The third-order valence-electron chi connectivity index (χ3n) is 6.58. The fourth-order valence-electron chi connectivity index (χ4n) is 5.76. The summed E-state index contributed by atoms with van der Waals surface area (Å²) in [5.74, 6) is 3.67. The summed E-state index contributed by atoms with van der Waals surface area (Å²) in [6.07, 6.45) is 9.08. The molecule has 1 aromatic heterocycles. The summed E-state index contributed by atoms with van der Waals surface area (Å²) >= 11 is 0. The van der Waals surface area contributed by atoms with Crippen LogP contribution in [0.25, 0.3) is 0 Å². The number of aromatic nitrogens is 2. The van der Waals surface area contributed by atoms with Gasteiger partial charge in [0.2, 0.25) is 0 Å². The highest BCUT2D eigenvalue weighted by molar-refractivity contribution is 5.19. The van der Waals surface area contributed by atoms with E-state index in [-0.39, 0.29) is 5.54 Å². The van der Waals surface area contributed by atoms with Crippen LogP contribution in [0, 0.1) is 23.7 Å². The number of nitrogens with zero attached hydrogens (tertiary/aromatic N) is 2. The lowest BCUT2D eigenvalue weighted by Gasteiger charge is -2.40. The maximum atomic E-state index is 6.91. The Bertz CT molecular complexity index is 520. The minimum atomic E-state index is 0.0506. The minimum absolute atomic E-state index is 0.0506. The van der Waals surface area contributed by atoms with Crippen molar-refractivity contribution in [1.29, 1.82) is 0 Å². The Morgan fingerprint density at radius 2 is 2.20 bits per heavy atom. The van der Waals surface area contributed by atoms with Gasteiger partial charge in [-0.2, -0.15) is 5.10 Å². The van der Waals surface area contributed by atoms with Crippen LogP contribution in [0.2, 0.25) is 0 Å². The lowest BCUT2D eigenvalue weighted by molar-refractivity contribution is 0.154. The van der Waals surface area contributed by atoms with Crippen molar-refractivity contribution in [2.75, 3.05) is 0 Å². The number of nitrogens with two attached hydrogens (primary N) is 1. The van der Waals surface area contributed by atoms with E-state index in [0.717, 1.165) is 36.5 Å². The Hall–Kier alpha value is -0.830. The van der Waals surface area contributed by atoms with Gasteiger partial charge >= 0.3 is 0 Å². The molecule has 1 aromatic rings. The maximum Gasteiger partial charge on any atom is 0.0624 e. The Morgan fingerprint density at radius 3 is 2.95 bits per heavy atom. The van der Waals surface area contributed by atoms with E-state index in [9.17, 15) is 0 Å². The molecule has 3 fully saturated rings. The zero-order chi connectivity index (χ0) is 13.9. The largest absolute Gasteiger partial charge is 0.324 e. The average Bonchev–Trinajstić information content (AvgIpc) is 3.11. The second-order valence-corrected chi connectivity index (χ2v) is 7.58. The van der Waals surface area contributed by atoms with Crippen molar-refractivity contribution in [1.82, 2.24) is 9.78 Å². The molecule has 3 heteroatoms. The van der Waals surface area contributed by atoms with Crippen molar-refractivity contribution in [3.05, 3.63) is 17.5 Å². The summed E-state index contributed by atoms with van der Waals surface area (Å²) in [4.78, 5) is 0. The number of aryl methyl sites for hydroxylation is 2. The highest BCUT2D eigenvalue weighted by atomic mass is 15.3. The van der Waals surface area contributed by atoms with Crippen LogP contribution in [0.15, 0.2) is 6.07 Å². The predicted octanol–water partition coefficient (Wildman–Crippen LogP) is 2.68. The average molecular weight is 273 g/mol. The lowest BCUT2D eigenvalue weighted by Crippen LogP contribution is -2.51. The van der Waals surface area contributed by atoms with Crippen molar-refractivity contribution in [2.45, 2.75) is 57.4 Å². The molecule has 3 saturated carbocycles. The Kier molecular flexibility index (Phi) is 2.79. The van der Waals surface area contributed by atoms with Crippen molar-refractivity contribution < 1.29 is 0 Å². The molecule has 0 amide bonds. The number of hydrogen-bond acceptors (Lipinski definition) is 2. The first kappa shape index (κ1) is 12.9. The van der Waals surface area contributed by atoms with Crippen molar-refractivity contribution in [3.8, 4) is 0 Å². The van der Waals surface area contributed by atoms with Crippen LogP contribution in [0.5, 0.6) is 0 Å². The normalized spacial score (nSPS) is 42.4. The van der Waals surface area contributed by atoms with Gasteiger partial charge in [-0.3, -0.25) is 4.68 Å². The summed E-state index contributed by atoms with van der Waals surface area (Å²) in [7, 11) is 2.07. The topological polar surface area (TPSA) is 43.8 Å². The van der Waals surface area contributed by atoms with Gasteiger partial charge in [0.15, 0.2) is 0 Å². The number of hydrogen-bond donors (Lipinski definition) is 1. The van der Waals surface area contributed by atoms with Gasteiger partial charge in [0, 0.05) is 24.7 Å². The summed E-state index contributed by atoms with van der Waals surface area (Å²) in [5.41, 5.74) is 9.50. The molecule has 20 heavy (non-hydrogen) atoms. The van der Waals surface area contributed by atoms with Crippen LogP contribution in [-0.2, 0) is 19.9 Å². The molecule has 110 valence electrons. The Labute approximate surface area is 121 Å². The Balaban J connectivity index is 1.58. The van der Waals surface area contributed by atoms with E-state index < -0.39 is 0 Å². The molecule has 2 bridgehead atoms. The molecule has 0 saturated heterocycles. The van der Waals surface area contributed by atoms with Gasteiger partial charge in [-0.25, -0.2) is 0 Å². The minimum Gasteiger partial charge on any atom is -0.324 e. The van der Waals surface area contributed by atoms with Crippen molar-refractivity contribution >= 4 is 0 Å². The van der Waals surface area contributed by atoms with Crippen LogP contribution >= 0.6 is 0 Å². The molecule has 4 rings (SSSR count). The monoisotopic (exact) mass is 273 g/mol. The van der Waals surface area contributed by atoms with E-state index in [1.807, 2.05) is 0 Å². The van der Waals surface area contributed by atoms with Gasteiger partial charge in [-0.15, -0.1) is 0 Å². The van der Waals surface area contributed by atoms with E-state index in [1.54, 1.807) is 0 Å². The van der Waals surface area contributed by atoms with E-state index >= 15 is 0 Å². The summed E-state index contributed by atoms with van der Waals surface area (Å²) < 4.78 is 2.06. The van der Waals surface area contributed by atoms with Gasteiger partial charge in [0.1, 0.15) is 0 Å². The quantitative estimate of drug-likeness (QED) is 0.920. The fraction of sp³-hybridized carbons (Fsp3) is 0.824. The first-order valence-corrected chi connectivity index (χ1v) is 8.41. The molecule has 0 radical (unpaired) electrons. The molecule has 5 atom stereocenters. The molecule has 0 aliphatic heterocycles. The van der Waals surface area contributed by atoms with Crippen molar-refractivity contribution in [2.24, 2.45) is 36.5 Å². The molecule has 3 nitrogen and oxygen atoms in total. The van der Waals surface area contributed by atoms with Crippen LogP contribution in [-0.4, -0.2) is 15.3 Å². The lowest BCUT2D eigenvalue weighted by atomic mass is 9.69.